The smallest absolute Gasteiger partial charge is 0.0244 e. The molecule has 2 rings (SSSR count). The molecule has 0 aromatic carbocycles. The van der Waals surface area contributed by atoms with E-state index in [2.05, 4.69) is 51.8 Å². The van der Waals surface area contributed by atoms with Crippen molar-refractivity contribution in [2.75, 3.05) is 13.1 Å². The summed E-state index contributed by atoms with van der Waals surface area (Å²) in [6, 6.07) is 2.15. The number of hydrogen-bond donors (Lipinski definition) is 1. The highest BCUT2D eigenvalue weighted by Crippen LogP contribution is 2.37. The first kappa shape index (κ1) is 14.3. The normalized spacial score (nSPS) is 43.3. The molecule has 2 fully saturated rings. The van der Waals surface area contributed by atoms with Crippen molar-refractivity contribution < 1.29 is 0 Å². The Labute approximate surface area is 114 Å². The van der Waals surface area contributed by atoms with E-state index in [9.17, 15) is 0 Å². The van der Waals surface area contributed by atoms with E-state index in [-0.39, 0.29) is 0 Å². The molecule has 5 unspecified atom stereocenters. The summed E-state index contributed by atoms with van der Waals surface area (Å²) in [6.07, 6.45) is 2.83. The minimum absolute atomic E-state index is 0.367. The van der Waals surface area contributed by atoms with Gasteiger partial charge in [0.1, 0.15) is 0 Å². The van der Waals surface area contributed by atoms with Gasteiger partial charge >= 0.3 is 0 Å². The van der Waals surface area contributed by atoms with E-state index in [0.29, 0.717) is 17.5 Å². The van der Waals surface area contributed by atoms with Gasteiger partial charge in [-0.15, -0.1) is 0 Å². The number of piperazine rings is 1. The first-order chi connectivity index (χ1) is 8.30. The summed E-state index contributed by atoms with van der Waals surface area (Å²) in [5, 5.41) is 3.75. The Morgan fingerprint density at radius 2 is 1.72 bits per heavy atom. The van der Waals surface area contributed by atoms with Crippen molar-refractivity contribution in [3.8, 4) is 0 Å². The first-order valence-corrected chi connectivity index (χ1v) is 7.80. The van der Waals surface area contributed by atoms with Crippen molar-refractivity contribution in [2.24, 2.45) is 17.3 Å². The van der Waals surface area contributed by atoms with Gasteiger partial charge in [-0.3, -0.25) is 4.90 Å². The van der Waals surface area contributed by atoms with Crippen LogP contribution in [-0.4, -0.2) is 36.1 Å². The average Bonchev–Trinajstić information content (AvgIpc) is 2.59. The van der Waals surface area contributed by atoms with Crippen LogP contribution in [0.3, 0.4) is 0 Å². The van der Waals surface area contributed by atoms with Gasteiger partial charge < -0.3 is 5.32 Å². The molecular weight excluding hydrogens is 220 g/mol. The number of nitrogens with one attached hydrogen (secondary N) is 1. The molecule has 2 nitrogen and oxygen atoms in total. The fraction of sp³-hybridized carbons (Fsp3) is 1.00. The molecule has 5 atom stereocenters. The summed E-state index contributed by atoms with van der Waals surface area (Å²) >= 11 is 0. The van der Waals surface area contributed by atoms with Crippen molar-refractivity contribution in [3.05, 3.63) is 0 Å². The van der Waals surface area contributed by atoms with Gasteiger partial charge in [0.25, 0.3) is 0 Å². The minimum Gasteiger partial charge on any atom is -0.311 e. The Balaban J connectivity index is 2.06. The van der Waals surface area contributed by atoms with Crippen LogP contribution in [0.2, 0.25) is 0 Å². The lowest BCUT2D eigenvalue weighted by atomic mass is 9.83. The molecule has 106 valence electrons. The van der Waals surface area contributed by atoms with Crippen molar-refractivity contribution in [2.45, 2.75) is 72.5 Å². The van der Waals surface area contributed by atoms with Gasteiger partial charge in [0.2, 0.25) is 0 Å². The highest BCUT2D eigenvalue weighted by atomic mass is 15.3. The van der Waals surface area contributed by atoms with Crippen LogP contribution < -0.4 is 5.32 Å². The standard InChI is InChI=1S/C16H32N2/c1-11-7-8-14(13(11)3)18-10-15(16(4,5)6)17-9-12(18)2/h11-15,17H,7-10H2,1-6H3. The second-order valence-corrected chi connectivity index (χ2v) is 7.85. The van der Waals surface area contributed by atoms with Gasteiger partial charge in [-0.05, 0) is 37.0 Å². The van der Waals surface area contributed by atoms with Crippen LogP contribution in [0.5, 0.6) is 0 Å². The monoisotopic (exact) mass is 252 g/mol. The van der Waals surface area contributed by atoms with E-state index >= 15 is 0 Å². The van der Waals surface area contributed by atoms with Crippen molar-refractivity contribution >= 4 is 0 Å². The van der Waals surface area contributed by atoms with Crippen molar-refractivity contribution in [1.29, 1.82) is 0 Å². The molecule has 1 saturated heterocycles. The van der Waals surface area contributed by atoms with Gasteiger partial charge in [-0.25, -0.2) is 0 Å². The quantitative estimate of drug-likeness (QED) is 0.771. The second-order valence-electron chi connectivity index (χ2n) is 7.85. The van der Waals surface area contributed by atoms with Crippen LogP contribution in [0, 0.1) is 17.3 Å². The minimum atomic E-state index is 0.367. The zero-order valence-corrected chi connectivity index (χ0v) is 13.2. The molecule has 1 saturated carbocycles. The topological polar surface area (TPSA) is 15.3 Å². The Bertz CT molecular complexity index is 281. The summed E-state index contributed by atoms with van der Waals surface area (Å²) in [5.74, 6) is 1.77. The molecular formula is C16H32N2. The fourth-order valence-corrected chi connectivity index (χ4v) is 3.73. The molecule has 1 aliphatic carbocycles. The van der Waals surface area contributed by atoms with Crippen LogP contribution in [0.4, 0.5) is 0 Å². The van der Waals surface area contributed by atoms with Crippen LogP contribution in [-0.2, 0) is 0 Å². The largest absolute Gasteiger partial charge is 0.311 e. The summed E-state index contributed by atoms with van der Waals surface area (Å²) < 4.78 is 0. The summed E-state index contributed by atoms with van der Waals surface area (Å²) in [5.41, 5.74) is 0.367. The Kier molecular flexibility index (Phi) is 4.08. The van der Waals surface area contributed by atoms with Crippen LogP contribution in [0.25, 0.3) is 0 Å². The fourth-order valence-electron chi connectivity index (χ4n) is 3.73. The van der Waals surface area contributed by atoms with Crippen LogP contribution in [0.1, 0.15) is 54.4 Å². The molecule has 0 aromatic rings. The molecule has 1 aliphatic heterocycles. The van der Waals surface area contributed by atoms with Gasteiger partial charge in [0.05, 0.1) is 0 Å². The molecule has 0 spiro atoms. The van der Waals surface area contributed by atoms with Crippen molar-refractivity contribution in [1.82, 2.24) is 10.2 Å². The zero-order valence-electron chi connectivity index (χ0n) is 13.2. The molecule has 1 heterocycles. The maximum absolute atomic E-state index is 3.75. The molecule has 2 aliphatic rings. The highest BCUT2D eigenvalue weighted by Gasteiger charge is 2.40. The lowest BCUT2D eigenvalue weighted by Crippen LogP contribution is -2.62. The Morgan fingerprint density at radius 1 is 1.06 bits per heavy atom. The predicted molar refractivity (Wildman–Crippen MR) is 78.8 cm³/mol. The number of rotatable bonds is 1. The molecule has 0 radical (unpaired) electrons. The molecule has 1 N–H and O–H groups in total. The number of nitrogens with zero attached hydrogens (tertiary/aromatic N) is 1. The number of hydrogen-bond acceptors (Lipinski definition) is 2. The van der Waals surface area contributed by atoms with E-state index < -0.39 is 0 Å². The molecule has 0 bridgehead atoms. The van der Waals surface area contributed by atoms with Crippen LogP contribution in [0.15, 0.2) is 0 Å². The highest BCUT2D eigenvalue weighted by molar-refractivity contribution is 4.96. The molecule has 0 aromatic heterocycles. The van der Waals surface area contributed by atoms with E-state index in [4.69, 9.17) is 0 Å². The van der Waals surface area contributed by atoms with Gasteiger partial charge in [0, 0.05) is 31.2 Å². The van der Waals surface area contributed by atoms with Gasteiger partial charge in [-0.1, -0.05) is 34.6 Å². The van der Waals surface area contributed by atoms with E-state index in [1.54, 1.807) is 0 Å². The first-order valence-electron chi connectivity index (χ1n) is 7.80. The lowest BCUT2D eigenvalue weighted by molar-refractivity contribution is 0.0416. The molecule has 18 heavy (non-hydrogen) atoms. The van der Waals surface area contributed by atoms with Gasteiger partial charge in [0.15, 0.2) is 0 Å². The summed E-state index contributed by atoms with van der Waals surface area (Å²) in [6.45, 7) is 16.7. The van der Waals surface area contributed by atoms with Crippen molar-refractivity contribution in [3.63, 3.8) is 0 Å². The Hall–Kier alpha value is -0.0800. The van der Waals surface area contributed by atoms with Gasteiger partial charge in [-0.2, -0.15) is 0 Å². The zero-order chi connectivity index (χ0) is 13.5. The SMILES string of the molecule is CC1CCC(N2CC(C(C)(C)C)NCC2C)C1C. The van der Waals surface area contributed by atoms with E-state index in [1.165, 1.54) is 19.4 Å². The third kappa shape index (κ3) is 2.75. The van der Waals surface area contributed by atoms with Crippen LogP contribution >= 0.6 is 0 Å². The third-order valence-electron chi connectivity index (χ3n) is 5.51. The lowest BCUT2D eigenvalue weighted by Gasteiger charge is -2.47. The maximum atomic E-state index is 3.75. The average molecular weight is 252 g/mol. The maximum Gasteiger partial charge on any atom is 0.0244 e. The van der Waals surface area contributed by atoms with E-state index in [1.807, 2.05) is 0 Å². The molecule has 0 amide bonds. The summed E-state index contributed by atoms with van der Waals surface area (Å²) in [7, 11) is 0. The Morgan fingerprint density at radius 3 is 2.22 bits per heavy atom. The predicted octanol–water partition coefficient (Wildman–Crippen LogP) is 3.13. The summed E-state index contributed by atoms with van der Waals surface area (Å²) in [4.78, 5) is 2.81. The molecule has 2 heteroatoms. The third-order valence-corrected chi connectivity index (χ3v) is 5.51. The van der Waals surface area contributed by atoms with E-state index in [0.717, 1.165) is 24.4 Å². The second kappa shape index (κ2) is 5.13.